The van der Waals surface area contributed by atoms with Crippen molar-refractivity contribution in [3.63, 3.8) is 0 Å². The second-order valence-corrected chi connectivity index (χ2v) is 7.76. The van der Waals surface area contributed by atoms with Crippen molar-refractivity contribution in [2.24, 2.45) is 0 Å². The molecule has 1 aliphatic rings. The maximum absolute atomic E-state index is 15.3. The van der Waals surface area contributed by atoms with Gasteiger partial charge in [-0.2, -0.15) is 0 Å². The van der Waals surface area contributed by atoms with Crippen LogP contribution in [-0.4, -0.2) is 11.5 Å². The van der Waals surface area contributed by atoms with Crippen LogP contribution in [-0.2, 0) is 0 Å². The van der Waals surface area contributed by atoms with Crippen LogP contribution >= 0.6 is 0 Å². The Hall–Kier alpha value is -3.95. The molecule has 0 unspecified atom stereocenters. The number of para-hydroxylation sites is 2. The number of rotatable bonds is 2. The summed E-state index contributed by atoms with van der Waals surface area (Å²) in [5, 5.41) is -1.96. The van der Waals surface area contributed by atoms with Crippen LogP contribution in [0.4, 0.5) is 30.7 Å². The molecule has 2 nitrogen and oxygen atoms in total. The molecule has 0 atom stereocenters. The number of hydrogen-bond acceptors (Lipinski definition) is 1. The van der Waals surface area contributed by atoms with Gasteiger partial charge in [-0.05, 0) is 23.7 Å². The van der Waals surface area contributed by atoms with Gasteiger partial charge in [0.25, 0.3) is 0 Å². The fourth-order valence-corrected chi connectivity index (χ4v) is 4.60. The van der Waals surface area contributed by atoms with Gasteiger partial charge in [0.15, 0.2) is 40.7 Å². The highest BCUT2D eigenvalue weighted by Gasteiger charge is 2.42. The summed E-state index contributed by atoms with van der Waals surface area (Å²) in [6.07, 6.45) is 0. The Balaban J connectivity index is 1.87. The van der Waals surface area contributed by atoms with Crippen molar-refractivity contribution in [3.05, 3.63) is 95.3 Å². The van der Waals surface area contributed by atoms with Gasteiger partial charge in [0.05, 0.1) is 22.2 Å². The molecule has 4 aromatic carbocycles. The number of halogens is 7. The molecule has 0 spiro atoms. The van der Waals surface area contributed by atoms with Crippen molar-refractivity contribution < 1.29 is 35.4 Å². The second-order valence-electron chi connectivity index (χ2n) is 7.76. The Morgan fingerprint density at radius 2 is 1.12 bits per heavy atom. The number of aromatic nitrogens is 1. The van der Waals surface area contributed by atoms with Crippen LogP contribution < -0.4 is 15.6 Å². The predicted octanol–water partition coefficient (Wildman–Crippen LogP) is 5.26. The van der Waals surface area contributed by atoms with Gasteiger partial charge in [-0.1, -0.05) is 36.4 Å². The maximum atomic E-state index is 15.3. The van der Waals surface area contributed by atoms with Crippen molar-refractivity contribution >= 4 is 39.6 Å². The first-order chi connectivity index (χ1) is 16.3. The van der Waals surface area contributed by atoms with Crippen LogP contribution in [0.3, 0.4) is 0 Å². The monoisotopic (exact) mass is 471 g/mol. The van der Waals surface area contributed by atoms with Gasteiger partial charge in [0, 0.05) is 16.5 Å². The quantitative estimate of drug-likeness (QED) is 0.149. The van der Waals surface area contributed by atoms with E-state index in [1.54, 1.807) is 36.4 Å². The van der Waals surface area contributed by atoms with E-state index in [2.05, 4.69) is 0 Å². The molecular formula is C24H9BF7NO. The average Bonchev–Trinajstić information content (AvgIpc) is 3.21. The molecule has 0 amide bonds. The molecule has 0 N–H and O–H groups in total. The summed E-state index contributed by atoms with van der Waals surface area (Å²) >= 11 is 0. The van der Waals surface area contributed by atoms with Gasteiger partial charge in [0.1, 0.15) is 0 Å². The van der Waals surface area contributed by atoms with E-state index in [0.29, 0.717) is 0 Å². The zero-order valence-corrected chi connectivity index (χ0v) is 16.8. The number of benzene rings is 4. The normalized spacial score (nSPS) is 12.5. The van der Waals surface area contributed by atoms with Gasteiger partial charge in [0.2, 0.25) is 0 Å². The summed E-state index contributed by atoms with van der Waals surface area (Å²) in [6.45, 7) is -1.37. The van der Waals surface area contributed by atoms with Crippen LogP contribution in [0.25, 0.3) is 27.5 Å². The lowest BCUT2D eigenvalue weighted by molar-refractivity contribution is 0.417. The minimum Gasteiger partial charge on any atom is -0.551 e. The summed E-state index contributed by atoms with van der Waals surface area (Å²) in [5.41, 5.74) is -1.68. The Kier molecular flexibility index (Phi) is 4.27. The summed E-state index contributed by atoms with van der Waals surface area (Å²) < 4.78 is 110. The lowest BCUT2D eigenvalue weighted by Crippen LogP contribution is -2.54. The molecule has 0 saturated carbocycles. The third-order valence-electron chi connectivity index (χ3n) is 5.99. The topological polar surface area (TPSA) is 14.2 Å². The first-order valence-corrected chi connectivity index (χ1v) is 10.00. The van der Waals surface area contributed by atoms with Crippen molar-refractivity contribution in [3.8, 4) is 11.4 Å². The summed E-state index contributed by atoms with van der Waals surface area (Å²) in [4.78, 5) is 0. The minimum atomic E-state index is -2.20. The van der Waals surface area contributed by atoms with Crippen LogP contribution in [0.1, 0.15) is 0 Å². The van der Waals surface area contributed by atoms with E-state index in [0.717, 1.165) is 4.57 Å². The molecule has 2 heterocycles. The van der Waals surface area contributed by atoms with Crippen LogP contribution in [0.2, 0.25) is 0 Å². The molecule has 10 heteroatoms. The average molecular weight is 471 g/mol. The van der Waals surface area contributed by atoms with Crippen LogP contribution in [0, 0.1) is 40.7 Å². The van der Waals surface area contributed by atoms with E-state index in [-0.39, 0.29) is 16.9 Å². The Morgan fingerprint density at radius 1 is 0.559 bits per heavy atom. The summed E-state index contributed by atoms with van der Waals surface area (Å²) in [6, 6.07) is 14.0. The van der Waals surface area contributed by atoms with Gasteiger partial charge in [-0.3, -0.25) is 0 Å². The van der Waals surface area contributed by atoms with E-state index in [1.165, 1.54) is 18.2 Å². The Morgan fingerprint density at radius 3 is 1.82 bits per heavy atom. The first kappa shape index (κ1) is 20.6. The lowest BCUT2D eigenvalue weighted by Gasteiger charge is -2.27. The number of hydrogen-bond donors (Lipinski definition) is 0. The molecule has 0 bridgehead atoms. The molecule has 5 aromatic rings. The molecule has 0 radical (unpaired) electrons. The van der Waals surface area contributed by atoms with Gasteiger partial charge < -0.3 is 9.22 Å². The molecule has 0 saturated heterocycles. The smallest absolute Gasteiger partial charge is 0.433 e. The highest BCUT2D eigenvalue weighted by Crippen LogP contribution is 2.40. The molecule has 34 heavy (non-hydrogen) atoms. The highest BCUT2D eigenvalue weighted by molar-refractivity contribution is 6.84. The molecule has 0 aliphatic carbocycles. The van der Waals surface area contributed by atoms with Gasteiger partial charge >= 0.3 is 6.92 Å². The number of fused-ring (bicyclic) bond motifs is 5. The lowest BCUT2D eigenvalue weighted by atomic mass is 9.52. The van der Waals surface area contributed by atoms with Crippen molar-refractivity contribution in [1.82, 2.24) is 4.57 Å². The second kappa shape index (κ2) is 7.03. The van der Waals surface area contributed by atoms with E-state index >= 15 is 13.2 Å². The molecule has 6 rings (SSSR count). The first-order valence-electron chi connectivity index (χ1n) is 10.00. The van der Waals surface area contributed by atoms with E-state index in [9.17, 15) is 17.6 Å². The fraction of sp³-hybridized carbons (Fsp3) is 0. The third kappa shape index (κ3) is 2.48. The Bertz CT molecular complexity index is 1670. The van der Waals surface area contributed by atoms with Crippen LogP contribution in [0.15, 0.2) is 54.6 Å². The molecule has 0 fully saturated rings. The molecule has 1 aromatic heterocycles. The standard InChI is InChI=1S/C24H9BF7NO/c26-16-13-14-17(27)20(30)21(31)22(32)24(14)33-12-9-5-4-8-11(12)25(34-10-6-2-1-3-7-10)15(23(13)33)18(28)19(16)29/h1-9H. The van der Waals surface area contributed by atoms with E-state index in [4.69, 9.17) is 4.65 Å². The largest absolute Gasteiger partial charge is 0.551 e. The van der Waals surface area contributed by atoms with Gasteiger partial charge in [-0.25, -0.2) is 30.7 Å². The molecular weight excluding hydrogens is 462 g/mol. The fourth-order valence-electron chi connectivity index (χ4n) is 4.60. The maximum Gasteiger partial charge on any atom is 0.433 e. The zero-order chi connectivity index (χ0) is 23.9. The SMILES string of the molecule is Fc1c(F)c(F)c2c(c1F)c1c(F)c(F)c(F)c3c1n2-c1ccccc1B3Oc1ccccc1. The van der Waals surface area contributed by atoms with Crippen molar-refractivity contribution in [2.75, 3.05) is 0 Å². The highest BCUT2D eigenvalue weighted by atomic mass is 19.2. The van der Waals surface area contributed by atoms with Crippen molar-refractivity contribution in [2.45, 2.75) is 0 Å². The van der Waals surface area contributed by atoms with Crippen molar-refractivity contribution in [1.29, 1.82) is 0 Å². The minimum absolute atomic E-state index is 0.0747. The van der Waals surface area contributed by atoms with Gasteiger partial charge in [-0.15, -0.1) is 0 Å². The third-order valence-corrected chi connectivity index (χ3v) is 5.99. The number of nitrogens with zero attached hydrogens (tertiary/aromatic N) is 1. The Labute approximate surface area is 186 Å². The zero-order valence-electron chi connectivity index (χ0n) is 16.8. The predicted molar refractivity (Wildman–Crippen MR) is 113 cm³/mol. The molecule has 168 valence electrons. The summed E-state index contributed by atoms with van der Waals surface area (Å²) in [5.74, 6) is -13.3. The molecule has 1 aliphatic heterocycles. The van der Waals surface area contributed by atoms with Crippen LogP contribution in [0.5, 0.6) is 5.75 Å². The van der Waals surface area contributed by atoms with E-state index < -0.39 is 74.9 Å². The summed E-state index contributed by atoms with van der Waals surface area (Å²) in [7, 11) is 0. The van der Waals surface area contributed by atoms with E-state index in [1.807, 2.05) is 0 Å².